The maximum atomic E-state index is 11.8. The Kier molecular flexibility index (Phi) is 4.89. The number of aryl methyl sites for hydroxylation is 1. The van der Waals surface area contributed by atoms with Crippen LogP contribution < -0.4 is 5.32 Å². The normalized spacial score (nSPS) is 12.5. The van der Waals surface area contributed by atoms with Crippen molar-refractivity contribution in [3.63, 3.8) is 0 Å². The van der Waals surface area contributed by atoms with E-state index < -0.39 is 0 Å². The molecule has 0 bridgehead atoms. The molecule has 0 saturated heterocycles. The van der Waals surface area contributed by atoms with Gasteiger partial charge < -0.3 is 10.2 Å². The van der Waals surface area contributed by atoms with E-state index in [0.717, 1.165) is 12.2 Å². The number of thiazole rings is 1. The standard InChI is InChI=1S/C11H19N3OS/c1-5-14(4)11(15)9(3)12-6-10-8(2)13-7-16-10/h7,9,12H,5-6H2,1-4H3. The number of carbonyl (C=O) groups is 1. The molecule has 0 spiro atoms. The van der Waals surface area contributed by atoms with Gasteiger partial charge in [0.15, 0.2) is 0 Å². The molecule has 1 unspecified atom stereocenters. The van der Waals surface area contributed by atoms with Crippen LogP contribution in [0.15, 0.2) is 5.51 Å². The maximum absolute atomic E-state index is 11.8. The van der Waals surface area contributed by atoms with Crippen molar-refractivity contribution in [3.8, 4) is 0 Å². The predicted molar refractivity (Wildman–Crippen MR) is 66.5 cm³/mol. The topological polar surface area (TPSA) is 45.2 Å². The van der Waals surface area contributed by atoms with Gasteiger partial charge in [-0.05, 0) is 20.8 Å². The Bertz CT molecular complexity index is 351. The fraction of sp³-hybridized carbons (Fsp3) is 0.636. The van der Waals surface area contributed by atoms with Crippen molar-refractivity contribution in [2.45, 2.75) is 33.4 Å². The molecule has 1 heterocycles. The van der Waals surface area contributed by atoms with Crippen molar-refractivity contribution in [3.05, 3.63) is 16.1 Å². The number of carbonyl (C=O) groups excluding carboxylic acids is 1. The number of hydrogen-bond acceptors (Lipinski definition) is 4. The zero-order valence-electron chi connectivity index (χ0n) is 10.3. The SMILES string of the molecule is CCN(C)C(=O)C(C)NCc1scnc1C. The number of aromatic nitrogens is 1. The van der Waals surface area contributed by atoms with E-state index in [9.17, 15) is 4.79 Å². The minimum Gasteiger partial charge on any atom is -0.345 e. The van der Waals surface area contributed by atoms with Crippen molar-refractivity contribution in [2.75, 3.05) is 13.6 Å². The molecule has 0 aliphatic carbocycles. The Morgan fingerprint density at radius 1 is 1.69 bits per heavy atom. The number of amides is 1. The van der Waals surface area contributed by atoms with E-state index in [-0.39, 0.29) is 11.9 Å². The molecule has 0 aliphatic rings. The van der Waals surface area contributed by atoms with E-state index in [0.29, 0.717) is 6.54 Å². The Hall–Kier alpha value is -0.940. The van der Waals surface area contributed by atoms with E-state index in [1.807, 2.05) is 33.3 Å². The van der Waals surface area contributed by atoms with Gasteiger partial charge in [-0.2, -0.15) is 0 Å². The molecule has 0 radical (unpaired) electrons. The van der Waals surface area contributed by atoms with E-state index in [1.165, 1.54) is 4.88 Å². The summed E-state index contributed by atoms with van der Waals surface area (Å²) in [5, 5.41) is 3.22. The summed E-state index contributed by atoms with van der Waals surface area (Å²) >= 11 is 1.62. The molecule has 1 atom stereocenters. The van der Waals surface area contributed by atoms with Gasteiger partial charge in [-0.3, -0.25) is 4.79 Å². The third kappa shape index (κ3) is 3.28. The summed E-state index contributed by atoms with van der Waals surface area (Å²) in [6, 6.07) is -0.147. The molecule has 1 amide bonds. The summed E-state index contributed by atoms with van der Waals surface area (Å²) in [5.74, 6) is 0.129. The highest BCUT2D eigenvalue weighted by Gasteiger charge is 2.15. The molecular formula is C11H19N3OS. The first kappa shape index (κ1) is 13.1. The molecule has 1 rings (SSSR count). The highest BCUT2D eigenvalue weighted by atomic mass is 32.1. The van der Waals surface area contributed by atoms with Crippen LogP contribution in [0.1, 0.15) is 24.4 Å². The second-order valence-electron chi connectivity index (χ2n) is 3.82. The van der Waals surface area contributed by atoms with Crippen LogP contribution in [-0.4, -0.2) is 35.4 Å². The first-order chi connectivity index (χ1) is 7.56. The number of likely N-dealkylation sites (N-methyl/N-ethyl adjacent to an activating group) is 1. The predicted octanol–water partition coefficient (Wildman–Crippen LogP) is 1.41. The van der Waals surface area contributed by atoms with E-state index in [4.69, 9.17) is 0 Å². The van der Waals surface area contributed by atoms with Crippen LogP contribution in [0.5, 0.6) is 0 Å². The molecule has 4 nitrogen and oxygen atoms in total. The lowest BCUT2D eigenvalue weighted by molar-refractivity contribution is -0.131. The Labute approximate surface area is 101 Å². The zero-order chi connectivity index (χ0) is 12.1. The summed E-state index contributed by atoms with van der Waals surface area (Å²) in [5.41, 5.74) is 2.87. The first-order valence-electron chi connectivity index (χ1n) is 5.43. The van der Waals surface area contributed by atoms with E-state index >= 15 is 0 Å². The summed E-state index contributed by atoms with van der Waals surface area (Å²) in [7, 11) is 1.82. The lowest BCUT2D eigenvalue weighted by atomic mass is 10.3. The van der Waals surface area contributed by atoms with Crippen LogP contribution in [0.25, 0.3) is 0 Å². The fourth-order valence-electron chi connectivity index (χ4n) is 1.32. The molecule has 0 fully saturated rings. The van der Waals surface area contributed by atoms with Gasteiger partial charge in [0.05, 0.1) is 17.2 Å². The largest absolute Gasteiger partial charge is 0.345 e. The summed E-state index contributed by atoms with van der Waals surface area (Å²) in [6.45, 7) is 7.30. The van der Waals surface area contributed by atoms with Gasteiger partial charge >= 0.3 is 0 Å². The molecular weight excluding hydrogens is 222 g/mol. The minimum atomic E-state index is -0.147. The lowest BCUT2D eigenvalue weighted by Gasteiger charge is -2.20. The monoisotopic (exact) mass is 241 g/mol. The van der Waals surface area contributed by atoms with Gasteiger partial charge in [-0.1, -0.05) is 0 Å². The summed E-state index contributed by atoms with van der Waals surface area (Å²) in [6.07, 6.45) is 0. The molecule has 16 heavy (non-hydrogen) atoms. The maximum Gasteiger partial charge on any atom is 0.239 e. The van der Waals surface area contributed by atoms with Crippen molar-refractivity contribution < 1.29 is 4.79 Å². The van der Waals surface area contributed by atoms with Crippen molar-refractivity contribution in [2.24, 2.45) is 0 Å². The second kappa shape index (κ2) is 5.96. The molecule has 90 valence electrons. The first-order valence-corrected chi connectivity index (χ1v) is 6.31. The van der Waals surface area contributed by atoms with Crippen molar-refractivity contribution >= 4 is 17.2 Å². The van der Waals surface area contributed by atoms with Crippen LogP contribution >= 0.6 is 11.3 Å². The number of nitrogens with zero attached hydrogens (tertiary/aromatic N) is 2. The molecule has 0 aliphatic heterocycles. The van der Waals surface area contributed by atoms with E-state index in [1.54, 1.807) is 16.2 Å². The van der Waals surface area contributed by atoms with Crippen LogP contribution in [0, 0.1) is 6.92 Å². The van der Waals surface area contributed by atoms with Crippen LogP contribution in [0.3, 0.4) is 0 Å². The van der Waals surface area contributed by atoms with Gasteiger partial charge in [0.1, 0.15) is 0 Å². The average molecular weight is 241 g/mol. The van der Waals surface area contributed by atoms with Crippen LogP contribution in [-0.2, 0) is 11.3 Å². The molecule has 5 heteroatoms. The Morgan fingerprint density at radius 3 is 2.88 bits per heavy atom. The molecule has 1 aromatic rings. The second-order valence-corrected chi connectivity index (χ2v) is 4.76. The Balaban J connectivity index is 2.44. The van der Waals surface area contributed by atoms with Gasteiger partial charge in [0.2, 0.25) is 5.91 Å². The zero-order valence-corrected chi connectivity index (χ0v) is 11.1. The van der Waals surface area contributed by atoms with Crippen molar-refractivity contribution in [1.29, 1.82) is 0 Å². The highest BCUT2D eigenvalue weighted by molar-refractivity contribution is 7.09. The fourth-order valence-corrected chi connectivity index (χ4v) is 2.04. The van der Waals surface area contributed by atoms with Gasteiger partial charge in [0, 0.05) is 25.0 Å². The molecule has 1 N–H and O–H groups in total. The summed E-state index contributed by atoms with van der Waals surface area (Å²) < 4.78 is 0. The smallest absolute Gasteiger partial charge is 0.239 e. The summed E-state index contributed by atoms with van der Waals surface area (Å²) in [4.78, 5) is 18.9. The number of nitrogens with one attached hydrogen (secondary N) is 1. The van der Waals surface area contributed by atoms with Gasteiger partial charge in [-0.15, -0.1) is 11.3 Å². The van der Waals surface area contributed by atoms with E-state index in [2.05, 4.69) is 10.3 Å². The van der Waals surface area contributed by atoms with Crippen LogP contribution in [0.4, 0.5) is 0 Å². The number of hydrogen-bond donors (Lipinski definition) is 1. The lowest BCUT2D eigenvalue weighted by Crippen LogP contribution is -2.42. The number of rotatable bonds is 5. The average Bonchev–Trinajstić information content (AvgIpc) is 2.69. The minimum absolute atomic E-state index is 0.129. The quantitative estimate of drug-likeness (QED) is 0.847. The highest BCUT2D eigenvalue weighted by Crippen LogP contribution is 2.11. The molecule has 1 aromatic heterocycles. The third-order valence-corrected chi connectivity index (χ3v) is 3.57. The third-order valence-electron chi connectivity index (χ3n) is 2.63. The molecule has 0 saturated carbocycles. The van der Waals surface area contributed by atoms with Gasteiger partial charge in [0.25, 0.3) is 0 Å². The van der Waals surface area contributed by atoms with Crippen molar-refractivity contribution in [1.82, 2.24) is 15.2 Å². The molecule has 0 aromatic carbocycles. The Morgan fingerprint density at radius 2 is 2.38 bits per heavy atom. The van der Waals surface area contributed by atoms with Crippen LogP contribution in [0.2, 0.25) is 0 Å². The van der Waals surface area contributed by atoms with Gasteiger partial charge in [-0.25, -0.2) is 4.98 Å².